The van der Waals surface area contributed by atoms with Gasteiger partial charge in [-0.2, -0.15) is 9.61 Å². The summed E-state index contributed by atoms with van der Waals surface area (Å²) in [6.07, 6.45) is 0. The fourth-order valence-corrected chi connectivity index (χ4v) is 2.01. The van der Waals surface area contributed by atoms with Crippen LogP contribution in [0.2, 0.25) is 0 Å². The number of benzene rings is 1. The molecule has 1 unspecified atom stereocenters. The van der Waals surface area contributed by atoms with E-state index < -0.39 is 0 Å². The molecule has 2 heterocycles. The van der Waals surface area contributed by atoms with Crippen LogP contribution >= 0.6 is 0 Å². The average Bonchev–Trinajstić information content (AvgIpc) is 2.90. The lowest BCUT2D eigenvalue weighted by atomic mass is 10.1. The van der Waals surface area contributed by atoms with Crippen molar-refractivity contribution in [3.63, 3.8) is 0 Å². The molecule has 0 bridgehead atoms. The van der Waals surface area contributed by atoms with Crippen molar-refractivity contribution < 1.29 is 4.74 Å². The molecule has 0 aliphatic heterocycles. The first-order chi connectivity index (χ1) is 9.69. The Morgan fingerprint density at radius 1 is 1.10 bits per heavy atom. The fraction of sp³-hybridized carbons (Fsp3) is 0.214. The van der Waals surface area contributed by atoms with E-state index in [-0.39, 0.29) is 6.04 Å². The average molecular weight is 269 g/mol. The maximum absolute atomic E-state index is 5.87. The van der Waals surface area contributed by atoms with Crippen LogP contribution in [0.4, 0.5) is 0 Å². The van der Waals surface area contributed by atoms with Crippen molar-refractivity contribution in [1.82, 2.24) is 19.8 Å². The van der Waals surface area contributed by atoms with Gasteiger partial charge >= 0.3 is 0 Å². The molecule has 3 rings (SSSR count). The van der Waals surface area contributed by atoms with E-state index in [2.05, 4.69) is 15.3 Å². The lowest BCUT2D eigenvalue weighted by Gasteiger charge is -2.05. The molecule has 0 aliphatic carbocycles. The predicted molar refractivity (Wildman–Crippen MR) is 75.4 cm³/mol. The highest BCUT2D eigenvalue weighted by atomic mass is 16.5. The molecule has 102 valence electrons. The van der Waals surface area contributed by atoms with E-state index in [1.807, 2.05) is 43.3 Å². The minimum absolute atomic E-state index is 0.219. The third-order valence-electron chi connectivity index (χ3n) is 3.08. The van der Waals surface area contributed by atoms with Gasteiger partial charge in [0.25, 0.3) is 0 Å². The first-order valence-electron chi connectivity index (χ1n) is 6.31. The van der Waals surface area contributed by atoms with Crippen molar-refractivity contribution in [3.8, 4) is 17.0 Å². The maximum atomic E-state index is 5.87. The Kier molecular flexibility index (Phi) is 3.08. The van der Waals surface area contributed by atoms with Gasteiger partial charge in [-0.1, -0.05) is 0 Å². The van der Waals surface area contributed by atoms with Gasteiger partial charge in [-0.25, -0.2) is 0 Å². The molecule has 0 saturated carbocycles. The molecule has 0 spiro atoms. The third-order valence-corrected chi connectivity index (χ3v) is 3.08. The van der Waals surface area contributed by atoms with Gasteiger partial charge in [-0.3, -0.25) is 0 Å². The summed E-state index contributed by atoms with van der Waals surface area (Å²) in [5, 5.41) is 12.7. The minimum Gasteiger partial charge on any atom is -0.497 e. The lowest BCUT2D eigenvalue weighted by Crippen LogP contribution is -2.11. The molecule has 0 amide bonds. The van der Waals surface area contributed by atoms with Crippen molar-refractivity contribution in [1.29, 1.82) is 0 Å². The summed E-state index contributed by atoms with van der Waals surface area (Å²) in [5.74, 6) is 1.46. The largest absolute Gasteiger partial charge is 0.497 e. The molecule has 6 nitrogen and oxygen atoms in total. The summed E-state index contributed by atoms with van der Waals surface area (Å²) in [4.78, 5) is 0. The zero-order chi connectivity index (χ0) is 14.1. The Hall–Kier alpha value is -2.47. The zero-order valence-electron chi connectivity index (χ0n) is 11.3. The summed E-state index contributed by atoms with van der Waals surface area (Å²) in [5.41, 5.74) is 8.39. The van der Waals surface area contributed by atoms with Gasteiger partial charge in [0.2, 0.25) is 0 Å². The normalized spacial score (nSPS) is 12.6. The Labute approximate surface area is 116 Å². The summed E-state index contributed by atoms with van der Waals surface area (Å²) in [7, 11) is 1.64. The number of methoxy groups -OCH3 is 1. The van der Waals surface area contributed by atoms with E-state index in [0.29, 0.717) is 11.5 Å². The number of hydrogen-bond acceptors (Lipinski definition) is 5. The van der Waals surface area contributed by atoms with Crippen LogP contribution in [-0.2, 0) is 0 Å². The molecule has 3 aromatic rings. The van der Waals surface area contributed by atoms with Crippen molar-refractivity contribution in [3.05, 3.63) is 42.2 Å². The van der Waals surface area contributed by atoms with E-state index in [4.69, 9.17) is 10.5 Å². The van der Waals surface area contributed by atoms with Crippen LogP contribution in [0.15, 0.2) is 36.4 Å². The number of rotatable bonds is 3. The van der Waals surface area contributed by atoms with E-state index in [1.54, 1.807) is 11.6 Å². The molecule has 0 fully saturated rings. The molecule has 0 radical (unpaired) electrons. The van der Waals surface area contributed by atoms with Gasteiger partial charge in [0.1, 0.15) is 5.75 Å². The van der Waals surface area contributed by atoms with Crippen LogP contribution in [0.3, 0.4) is 0 Å². The molecule has 6 heteroatoms. The molecular formula is C14H15N5O. The molecule has 0 saturated heterocycles. The Bertz CT molecular complexity index is 733. The Morgan fingerprint density at radius 3 is 2.50 bits per heavy atom. The van der Waals surface area contributed by atoms with Gasteiger partial charge in [0.05, 0.1) is 18.8 Å². The van der Waals surface area contributed by atoms with E-state index in [9.17, 15) is 0 Å². The van der Waals surface area contributed by atoms with Crippen LogP contribution in [0, 0.1) is 0 Å². The minimum atomic E-state index is -0.219. The van der Waals surface area contributed by atoms with Crippen molar-refractivity contribution in [2.75, 3.05) is 7.11 Å². The van der Waals surface area contributed by atoms with Gasteiger partial charge in [-0.05, 0) is 43.3 Å². The van der Waals surface area contributed by atoms with Crippen molar-refractivity contribution >= 4 is 5.65 Å². The molecule has 0 aliphatic rings. The summed E-state index contributed by atoms with van der Waals surface area (Å²) >= 11 is 0. The second kappa shape index (κ2) is 4.90. The van der Waals surface area contributed by atoms with Gasteiger partial charge in [0.15, 0.2) is 11.5 Å². The monoisotopic (exact) mass is 269 g/mol. The summed E-state index contributed by atoms with van der Waals surface area (Å²) in [6.45, 7) is 1.86. The molecule has 20 heavy (non-hydrogen) atoms. The Balaban J connectivity index is 2.08. The van der Waals surface area contributed by atoms with E-state index in [1.165, 1.54) is 0 Å². The van der Waals surface area contributed by atoms with Crippen LogP contribution in [0.25, 0.3) is 16.9 Å². The first kappa shape index (κ1) is 12.6. The molecule has 2 N–H and O–H groups in total. The number of fused-ring (bicyclic) bond motifs is 1. The van der Waals surface area contributed by atoms with Gasteiger partial charge < -0.3 is 10.5 Å². The van der Waals surface area contributed by atoms with E-state index >= 15 is 0 Å². The zero-order valence-corrected chi connectivity index (χ0v) is 11.3. The van der Waals surface area contributed by atoms with Crippen molar-refractivity contribution in [2.45, 2.75) is 13.0 Å². The van der Waals surface area contributed by atoms with Crippen LogP contribution in [-0.4, -0.2) is 26.9 Å². The molecule has 1 aromatic carbocycles. The van der Waals surface area contributed by atoms with Crippen LogP contribution in [0.5, 0.6) is 5.75 Å². The number of hydrogen-bond donors (Lipinski definition) is 1. The standard InChI is InChI=1S/C14H15N5O/c1-9(15)14-17-16-13-8-7-12(18-19(13)14)10-3-5-11(20-2)6-4-10/h3-9H,15H2,1-2H3. The van der Waals surface area contributed by atoms with Gasteiger partial charge in [-0.15, -0.1) is 10.2 Å². The summed E-state index contributed by atoms with van der Waals surface area (Å²) < 4.78 is 6.84. The smallest absolute Gasteiger partial charge is 0.178 e. The predicted octanol–water partition coefficient (Wildman–Crippen LogP) is 1.82. The lowest BCUT2D eigenvalue weighted by molar-refractivity contribution is 0.415. The number of nitrogens with two attached hydrogens (primary N) is 1. The second-order valence-electron chi connectivity index (χ2n) is 4.56. The number of aromatic nitrogens is 4. The second-order valence-corrected chi connectivity index (χ2v) is 4.56. The van der Waals surface area contributed by atoms with Crippen molar-refractivity contribution in [2.24, 2.45) is 5.73 Å². The highest BCUT2D eigenvalue weighted by Gasteiger charge is 2.11. The number of ether oxygens (including phenoxy) is 1. The Morgan fingerprint density at radius 2 is 1.85 bits per heavy atom. The fourth-order valence-electron chi connectivity index (χ4n) is 2.01. The topological polar surface area (TPSA) is 78.3 Å². The molecule has 1 atom stereocenters. The maximum Gasteiger partial charge on any atom is 0.178 e. The SMILES string of the molecule is COc1ccc(-c2ccc3nnc(C(C)N)n3n2)cc1. The van der Waals surface area contributed by atoms with Crippen LogP contribution < -0.4 is 10.5 Å². The molecule has 2 aromatic heterocycles. The number of nitrogens with zero attached hydrogens (tertiary/aromatic N) is 4. The molecular weight excluding hydrogens is 254 g/mol. The summed E-state index contributed by atoms with van der Waals surface area (Å²) in [6, 6.07) is 11.3. The van der Waals surface area contributed by atoms with Gasteiger partial charge in [0, 0.05) is 5.56 Å². The van der Waals surface area contributed by atoms with E-state index in [0.717, 1.165) is 17.0 Å². The third kappa shape index (κ3) is 2.10. The first-order valence-corrected chi connectivity index (χ1v) is 6.31. The highest BCUT2D eigenvalue weighted by Crippen LogP contribution is 2.21. The quantitative estimate of drug-likeness (QED) is 0.784. The van der Waals surface area contributed by atoms with Crippen LogP contribution in [0.1, 0.15) is 18.8 Å². The highest BCUT2D eigenvalue weighted by molar-refractivity contribution is 5.61.